The van der Waals surface area contributed by atoms with Crippen LogP contribution < -0.4 is 5.32 Å². The van der Waals surface area contributed by atoms with Crippen LogP contribution in [0.4, 0.5) is 0 Å². The van der Waals surface area contributed by atoms with Crippen molar-refractivity contribution in [2.24, 2.45) is 0 Å². The summed E-state index contributed by atoms with van der Waals surface area (Å²) in [7, 11) is 0. The van der Waals surface area contributed by atoms with E-state index in [1.807, 2.05) is 12.1 Å². The number of nitrogens with zero attached hydrogens (tertiary/aromatic N) is 2. The van der Waals surface area contributed by atoms with Crippen molar-refractivity contribution in [3.05, 3.63) is 48.6 Å². The molecule has 0 fully saturated rings. The van der Waals surface area contributed by atoms with Crippen LogP contribution in [0.15, 0.2) is 37.3 Å². The van der Waals surface area contributed by atoms with Crippen LogP contribution in [0.2, 0.25) is 0 Å². The first-order valence-electron chi connectivity index (χ1n) is 5.21. The van der Waals surface area contributed by atoms with Crippen molar-refractivity contribution in [2.45, 2.75) is 0 Å². The summed E-state index contributed by atoms with van der Waals surface area (Å²) in [5.74, 6) is -0.479. The van der Waals surface area contributed by atoms with Crippen LogP contribution in [0, 0.1) is 11.5 Å². The third kappa shape index (κ3) is 1.99. The van der Waals surface area contributed by atoms with Crippen molar-refractivity contribution in [1.29, 1.82) is 5.26 Å². The largest absolute Gasteiger partial charge is 0.356 e. The summed E-state index contributed by atoms with van der Waals surface area (Å²) in [5, 5.41) is 10.5. The lowest BCUT2D eigenvalue weighted by molar-refractivity contribution is 0.0968. The second-order valence-corrected chi connectivity index (χ2v) is 3.50. The van der Waals surface area contributed by atoms with Gasteiger partial charge in [0.15, 0.2) is 6.19 Å². The number of aromatic amines is 1. The minimum atomic E-state index is -0.479. The minimum absolute atomic E-state index is 0.318. The van der Waals surface area contributed by atoms with Crippen molar-refractivity contribution in [3.63, 3.8) is 0 Å². The Morgan fingerprint density at radius 2 is 2.22 bits per heavy atom. The Hall–Kier alpha value is -2.87. The molecule has 0 aliphatic carbocycles. The molecule has 5 nitrogen and oxygen atoms in total. The fourth-order valence-electron chi connectivity index (χ4n) is 1.72. The summed E-state index contributed by atoms with van der Waals surface area (Å²) in [5.41, 5.74) is 2.75. The molecule has 88 valence electrons. The Morgan fingerprint density at radius 1 is 1.50 bits per heavy atom. The van der Waals surface area contributed by atoms with E-state index in [9.17, 15) is 4.79 Å². The average molecular weight is 238 g/mol. The van der Waals surface area contributed by atoms with E-state index in [0.29, 0.717) is 11.3 Å². The number of hydrogen-bond acceptors (Lipinski definition) is 3. The molecule has 2 aromatic heterocycles. The molecular formula is C13H10N4O. The van der Waals surface area contributed by atoms with Crippen molar-refractivity contribution >= 4 is 12.0 Å². The maximum absolute atomic E-state index is 11.6. The Labute approximate surface area is 104 Å². The maximum Gasteiger partial charge on any atom is 0.281 e. The zero-order valence-corrected chi connectivity index (χ0v) is 9.47. The first kappa shape index (κ1) is 11.6. The summed E-state index contributed by atoms with van der Waals surface area (Å²) < 4.78 is 0. The first-order valence-corrected chi connectivity index (χ1v) is 5.21. The Kier molecular flexibility index (Phi) is 3.21. The number of carbonyl (C=O) groups excluding carboxylic acids is 1. The van der Waals surface area contributed by atoms with Crippen molar-refractivity contribution in [2.75, 3.05) is 0 Å². The van der Waals surface area contributed by atoms with Gasteiger partial charge in [0.25, 0.3) is 5.91 Å². The zero-order chi connectivity index (χ0) is 13.0. The normalized spacial score (nSPS) is 9.50. The number of carbonyl (C=O) groups is 1. The van der Waals surface area contributed by atoms with Gasteiger partial charge in [0, 0.05) is 29.7 Å². The van der Waals surface area contributed by atoms with E-state index in [2.05, 4.69) is 21.9 Å². The molecule has 0 aromatic carbocycles. The van der Waals surface area contributed by atoms with Gasteiger partial charge in [0.1, 0.15) is 5.69 Å². The van der Waals surface area contributed by atoms with Crippen LogP contribution in [0.5, 0.6) is 0 Å². The van der Waals surface area contributed by atoms with E-state index in [4.69, 9.17) is 5.26 Å². The van der Waals surface area contributed by atoms with E-state index >= 15 is 0 Å². The topological polar surface area (TPSA) is 81.6 Å². The molecule has 2 N–H and O–H groups in total. The molecule has 0 saturated carbocycles. The quantitative estimate of drug-likeness (QED) is 0.633. The highest BCUT2D eigenvalue weighted by Crippen LogP contribution is 2.26. The molecular weight excluding hydrogens is 228 g/mol. The van der Waals surface area contributed by atoms with Gasteiger partial charge in [0.2, 0.25) is 0 Å². The van der Waals surface area contributed by atoms with Crippen LogP contribution in [-0.4, -0.2) is 15.9 Å². The lowest BCUT2D eigenvalue weighted by atomic mass is 10.0. The van der Waals surface area contributed by atoms with Crippen LogP contribution in [-0.2, 0) is 0 Å². The molecule has 0 atom stereocenters. The molecule has 18 heavy (non-hydrogen) atoms. The van der Waals surface area contributed by atoms with Gasteiger partial charge in [-0.05, 0) is 17.7 Å². The number of hydrogen-bond donors (Lipinski definition) is 2. The minimum Gasteiger partial charge on any atom is -0.356 e. The van der Waals surface area contributed by atoms with Crippen LogP contribution >= 0.6 is 0 Å². The number of pyridine rings is 1. The van der Waals surface area contributed by atoms with Gasteiger partial charge in [-0.15, -0.1) is 0 Å². The highest BCUT2D eigenvalue weighted by Gasteiger charge is 2.15. The van der Waals surface area contributed by atoms with Gasteiger partial charge >= 0.3 is 0 Å². The van der Waals surface area contributed by atoms with E-state index in [1.54, 1.807) is 30.9 Å². The molecule has 5 heteroatoms. The van der Waals surface area contributed by atoms with Gasteiger partial charge in [-0.3, -0.25) is 15.1 Å². The van der Waals surface area contributed by atoms with Crippen LogP contribution in [0.1, 0.15) is 16.1 Å². The molecule has 1 amide bonds. The summed E-state index contributed by atoms with van der Waals surface area (Å²) in [6, 6.07) is 3.67. The molecule has 0 spiro atoms. The van der Waals surface area contributed by atoms with E-state index in [0.717, 1.165) is 11.1 Å². The SMILES string of the molecule is C=Cc1c(-c2ccncc2)c[nH]c1C(=O)NC#N. The Morgan fingerprint density at radius 3 is 2.83 bits per heavy atom. The van der Waals surface area contributed by atoms with E-state index in [1.165, 1.54) is 0 Å². The molecule has 0 aliphatic heterocycles. The molecule has 0 radical (unpaired) electrons. The predicted molar refractivity (Wildman–Crippen MR) is 67.2 cm³/mol. The number of nitrogens with one attached hydrogen (secondary N) is 2. The number of H-pyrrole nitrogens is 1. The standard InChI is InChI=1S/C13H10N4O/c1-2-10-11(9-3-5-15-6-4-9)7-16-12(10)13(18)17-8-14/h2-7,16H,1H2,(H,17,18). The van der Waals surface area contributed by atoms with Gasteiger partial charge < -0.3 is 4.98 Å². The molecule has 0 aliphatic rings. The Bertz CT molecular complexity index is 622. The van der Waals surface area contributed by atoms with E-state index < -0.39 is 5.91 Å². The summed E-state index contributed by atoms with van der Waals surface area (Å²) in [4.78, 5) is 18.4. The van der Waals surface area contributed by atoms with Crippen molar-refractivity contribution < 1.29 is 4.79 Å². The highest BCUT2D eigenvalue weighted by molar-refractivity contribution is 5.99. The lowest BCUT2D eigenvalue weighted by Crippen LogP contribution is -2.18. The average Bonchev–Trinajstić information content (AvgIpc) is 2.83. The molecule has 0 unspecified atom stereocenters. The monoisotopic (exact) mass is 238 g/mol. The van der Waals surface area contributed by atoms with Crippen LogP contribution in [0.25, 0.3) is 17.2 Å². The van der Waals surface area contributed by atoms with Crippen molar-refractivity contribution in [3.8, 4) is 17.3 Å². The smallest absolute Gasteiger partial charge is 0.281 e. The summed E-state index contributed by atoms with van der Waals surface area (Å²) in [6.07, 6.45) is 8.23. The molecule has 0 bridgehead atoms. The Balaban J connectivity index is 2.50. The van der Waals surface area contributed by atoms with Gasteiger partial charge in [-0.2, -0.15) is 5.26 Å². The van der Waals surface area contributed by atoms with Gasteiger partial charge in [-0.1, -0.05) is 12.7 Å². The third-order valence-corrected chi connectivity index (χ3v) is 2.51. The molecule has 0 saturated heterocycles. The predicted octanol–water partition coefficient (Wildman–Crippen LogP) is 1.93. The first-order chi connectivity index (χ1) is 8.77. The lowest BCUT2D eigenvalue weighted by Gasteiger charge is -2.01. The number of amides is 1. The molecule has 2 heterocycles. The fourth-order valence-corrected chi connectivity index (χ4v) is 1.72. The summed E-state index contributed by atoms with van der Waals surface area (Å²) >= 11 is 0. The molecule has 2 rings (SSSR count). The second-order valence-electron chi connectivity index (χ2n) is 3.50. The third-order valence-electron chi connectivity index (χ3n) is 2.51. The number of rotatable bonds is 3. The van der Waals surface area contributed by atoms with Crippen LogP contribution in [0.3, 0.4) is 0 Å². The number of aromatic nitrogens is 2. The fraction of sp³-hybridized carbons (Fsp3) is 0. The highest BCUT2D eigenvalue weighted by atomic mass is 16.1. The van der Waals surface area contributed by atoms with Gasteiger partial charge in [-0.25, -0.2) is 0 Å². The van der Waals surface area contributed by atoms with Crippen molar-refractivity contribution in [1.82, 2.24) is 15.3 Å². The zero-order valence-electron chi connectivity index (χ0n) is 9.47. The summed E-state index contributed by atoms with van der Waals surface area (Å²) in [6.45, 7) is 3.69. The maximum atomic E-state index is 11.6. The van der Waals surface area contributed by atoms with E-state index in [-0.39, 0.29) is 0 Å². The van der Waals surface area contributed by atoms with Gasteiger partial charge in [0.05, 0.1) is 0 Å². The molecule has 2 aromatic rings. The second kappa shape index (κ2) is 4.97. The number of nitriles is 1.